The van der Waals surface area contributed by atoms with E-state index in [2.05, 4.69) is 31.5 Å². The van der Waals surface area contributed by atoms with Gasteiger partial charge in [-0.15, -0.1) is 0 Å². The van der Waals surface area contributed by atoms with Gasteiger partial charge >= 0.3 is 0 Å². The molecule has 28 heavy (non-hydrogen) atoms. The van der Waals surface area contributed by atoms with E-state index in [0.717, 1.165) is 57.5 Å². The van der Waals surface area contributed by atoms with E-state index in [1.54, 1.807) is 6.20 Å². The van der Waals surface area contributed by atoms with E-state index in [1.807, 2.05) is 36.5 Å². The molecule has 1 atom stereocenters. The maximum Gasteiger partial charge on any atom is 0.238 e. The fourth-order valence-corrected chi connectivity index (χ4v) is 4.35. The van der Waals surface area contributed by atoms with E-state index in [4.69, 9.17) is 9.97 Å². The molecular formula is C21H18BrN5O. The lowest BCUT2D eigenvalue weighted by atomic mass is 9.93. The Labute approximate surface area is 171 Å². The van der Waals surface area contributed by atoms with Crippen molar-refractivity contribution in [2.45, 2.75) is 31.7 Å². The number of aromatic nitrogens is 3. The predicted octanol–water partition coefficient (Wildman–Crippen LogP) is 3.82. The van der Waals surface area contributed by atoms with E-state index in [1.165, 1.54) is 0 Å². The molecule has 6 nitrogen and oxygen atoms in total. The van der Waals surface area contributed by atoms with Crippen LogP contribution < -0.4 is 10.6 Å². The zero-order chi connectivity index (χ0) is 19.1. The van der Waals surface area contributed by atoms with Gasteiger partial charge in [-0.2, -0.15) is 0 Å². The monoisotopic (exact) mass is 435 g/mol. The molecule has 7 heteroatoms. The van der Waals surface area contributed by atoms with Crippen LogP contribution in [0.1, 0.15) is 40.4 Å². The van der Waals surface area contributed by atoms with Crippen LogP contribution in [0.2, 0.25) is 0 Å². The van der Waals surface area contributed by atoms with Crippen molar-refractivity contribution in [3.8, 4) is 0 Å². The van der Waals surface area contributed by atoms with Crippen LogP contribution >= 0.6 is 15.9 Å². The minimum atomic E-state index is -0.402. The number of carbonyl (C=O) groups is 1. The first-order valence-electron chi connectivity index (χ1n) is 9.32. The van der Waals surface area contributed by atoms with Gasteiger partial charge in [-0.3, -0.25) is 9.78 Å². The molecule has 2 aromatic heterocycles. The van der Waals surface area contributed by atoms with Crippen molar-refractivity contribution in [3.63, 3.8) is 0 Å². The molecule has 0 saturated carbocycles. The Kier molecular flexibility index (Phi) is 4.31. The number of fused-ring (bicyclic) bond motifs is 2. The van der Waals surface area contributed by atoms with E-state index in [-0.39, 0.29) is 5.91 Å². The fraction of sp³-hybridized carbons (Fsp3) is 0.238. The van der Waals surface area contributed by atoms with Crippen LogP contribution in [0.4, 0.5) is 11.6 Å². The molecule has 0 saturated heterocycles. The minimum Gasteiger partial charge on any atom is -0.350 e. The predicted molar refractivity (Wildman–Crippen MR) is 110 cm³/mol. The van der Waals surface area contributed by atoms with Gasteiger partial charge < -0.3 is 10.6 Å². The maximum atomic E-state index is 12.8. The Hall–Kier alpha value is -2.80. The first-order chi connectivity index (χ1) is 13.7. The number of benzene rings is 1. The van der Waals surface area contributed by atoms with Crippen molar-refractivity contribution < 1.29 is 4.79 Å². The number of aryl methyl sites for hydroxylation is 1. The smallest absolute Gasteiger partial charge is 0.238 e. The molecule has 1 aromatic carbocycles. The number of carbonyl (C=O) groups excluding carboxylic acids is 1. The van der Waals surface area contributed by atoms with Crippen molar-refractivity contribution in [1.29, 1.82) is 0 Å². The second-order valence-corrected chi connectivity index (χ2v) is 8.00. The number of rotatable bonds is 4. The average molecular weight is 436 g/mol. The van der Waals surface area contributed by atoms with Crippen molar-refractivity contribution in [2.75, 3.05) is 10.6 Å². The van der Waals surface area contributed by atoms with E-state index in [0.29, 0.717) is 12.5 Å². The molecule has 3 aromatic rings. The van der Waals surface area contributed by atoms with Crippen molar-refractivity contribution in [3.05, 3.63) is 75.3 Å². The first kappa shape index (κ1) is 17.3. The van der Waals surface area contributed by atoms with Gasteiger partial charge in [0, 0.05) is 34.8 Å². The van der Waals surface area contributed by atoms with Crippen LogP contribution in [-0.2, 0) is 24.2 Å². The SMILES string of the molecule is O=C1Nc2ccc(Br)cc2C1c1nc(NCc2cccnc2)nc2c1CCC2. The van der Waals surface area contributed by atoms with E-state index >= 15 is 0 Å². The molecule has 2 N–H and O–H groups in total. The molecule has 3 heterocycles. The number of nitrogens with zero attached hydrogens (tertiary/aromatic N) is 3. The van der Waals surface area contributed by atoms with Gasteiger partial charge in [-0.1, -0.05) is 22.0 Å². The van der Waals surface area contributed by atoms with Gasteiger partial charge in [0.1, 0.15) is 5.92 Å². The highest BCUT2D eigenvalue weighted by molar-refractivity contribution is 9.10. The van der Waals surface area contributed by atoms with Gasteiger partial charge in [0.05, 0.1) is 5.69 Å². The highest BCUT2D eigenvalue weighted by Gasteiger charge is 2.36. The van der Waals surface area contributed by atoms with Crippen molar-refractivity contribution in [1.82, 2.24) is 15.0 Å². The number of hydrogen-bond acceptors (Lipinski definition) is 5. The topological polar surface area (TPSA) is 79.8 Å². The molecule has 2 aliphatic rings. The molecule has 1 aliphatic heterocycles. The third-order valence-electron chi connectivity index (χ3n) is 5.26. The van der Waals surface area contributed by atoms with Crippen molar-refractivity contribution >= 4 is 33.5 Å². The fourth-order valence-electron chi connectivity index (χ4n) is 3.97. The number of halogens is 1. The largest absolute Gasteiger partial charge is 0.350 e. The standard InChI is InChI=1S/C21H18BrN5O/c22-13-6-7-17-15(9-13)18(20(28)25-17)19-14-4-1-5-16(14)26-21(27-19)24-11-12-3-2-8-23-10-12/h2-3,6-10,18H,1,4-5,11H2,(H,25,28)(H,24,26,27). The van der Waals surface area contributed by atoms with Crippen molar-refractivity contribution in [2.24, 2.45) is 0 Å². The zero-order valence-corrected chi connectivity index (χ0v) is 16.7. The quantitative estimate of drug-likeness (QED) is 0.650. The van der Waals surface area contributed by atoms with Crippen LogP contribution in [0.5, 0.6) is 0 Å². The van der Waals surface area contributed by atoms with Crippen LogP contribution in [0.15, 0.2) is 47.2 Å². The summed E-state index contributed by atoms with van der Waals surface area (Å²) in [4.78, 5) is 26.5. The summed E-state index contributed by atoms with van der Waals surface area (Å²) in [5.74, 6) is 0.135. The molecule has 1 unspecified atom stereocenters. The van der Waals surface area contributed by atoms with Gasteiger partial charge in [0.15, 0.2) is 0 Å². The molecule has 0 radical (unpaired) electrons. The summed E-state index contributed by atoms with van der Waals surface area (Å²) in [6.45, 7) is 0.588. The summed E-state index contributed by atoms with van der Waals surface area (Å²) in [5, 5.41) is 6.29. The maximum absolute atomic E-state index is 12.8. The second-order valence-electron chi connectivity index (χ2n) is 7.08. The molecule has 1 amide bonds. The highest BCUT2D eigenvalue weighted by atomic mass is 79.9. The summed E-state index contributed by atoms with van der Waals surface area (Å²) in [5.41, 5.74) is 5.88. The summed E-state index contributed by atoms with van der Waals surface area (Å²) in [6.07, 6.45) is 6.46. The van der Waals surface area contributed by atoms with Crippen LogP contribution in [0.25, 0.3) is 0 Å². The van der Waals surface area contributed by atoms with Gasteiger partial charge in [-0.05, 0) is 60.2 Å². The Balaban J connectivity index is 1.54. The highest BCUT2D eigenvalue weighted by Crippen LogP contribution is 2.41. The molecule has 0 bridgehead atoms. The zero-order valence-electron chi connectivity index (χ0n) is 15.1. The molecular weight excluding hydrogens is 418 g/mol. The number of nitrogens with one attached hydrogen (secondary N) is 2. The Morgan fingerprint density at radius 2 is 2.14 bits per heavy atom. The third-order valence-corrected chi connectivity index (χ3v) is 5.75. The van der Waals surface area contributed by atoms with Gasteiger partial charge in [-0.25, -0.2) is 9.97 Å². The van der Waals surface area contributed by atoms with E-state index in [9.17, 15) is 4.79 Å². The molecule has 1 aliphatic carbocycles. The summed E-state index contributed by atoms with van der Waals surface area (Å²) in [7, 11) is 0. The lowest BCUT2D eigenvalue weighted by Gasteiger charge is -2.15. The molecule has 0 spiro atoms. The van der Waals surface area contributed by atoms with Gasteiger partial charge in [0.2, 0.25) is 11.9 Å². The normalized spacial score (nSPS) is 17.2. The average Bonchev–Trinajstić information content (AvgIpc) is 3.30. The van der Waals surface area contributed by atoms with Crippen LogP contribution in [0, 0.1) is 0 Å². The van der Waals surface area contributed by atoms with E-state index < -0.39 is 5.92 Å². The lowest BCUT2D eigenvalue weighted by molar-refractivity contribution is -0.116. The number of anilines is 2. The molecule has 5 rings (SSSR count). The second kappa shape index (κ2) is 6.98. The minimum absolute atomic E-state index is 0.0286. The van der Waals surface area contributed by atoms with Crippen LogP contribution in [-0.4, -0.2) is 20.9 Å². The van der Waals surface area contributed by atoms with Gasteiger partial charge in [0.25, 0.3) is 0 Å². The Bertz CT molecular complexity index is 1070. The third kappa shape index (κ3) is 3.05. The Morgan fingerprint density at radius 1 is 1.21 bits per heavy atom. The number of hydrogen-bond donors (Lipinski definition) is 2. The number of amides is 1. The first-order valence-corrected chi connectivity index (χ1v) is 10.1. The molecule has 0 fully saturated rings. The Morgan fingerprint density at radius 3 is 3.00 bits per heavy atom. The van der Waals surface area contributed by atoms with Crippen LogP contribution in [0.3, 0.4) is 0 Å². The lowest BCUT2D eigenvalue weighted by Crippen LogP contribution is -2.18. The summed E-state index contributed by atoms with van der Waals surface area (Å²) in [6, 6.07) is 9.79. The molecule has 140 valence electrons. The summed E-state index contributed by atoms with van der Waals surface area (Å²) < 4.78 is 0.952. The summed E-state index contributed by atoms with van der Waals surface area (Å²) >= 11 is 3.52. The number of pyridine rings is 1.